The van der Waals surface area contributed by atoms with E-state index in [9.17, 15) is 9.59 Å². The molecule has 0 aliphatic carbocycles. The normalized spacial score (nSPS) is 11.7. The highest BCUT2D eigenvalue weighted by molar-refractivity contribution is 8.00. The van der Waals surface area contributed by atoms with Gasteiger partial charge in [-0.3, -0.25) is 19.7 Å². The Labute approximate surface area is 153 Å². The zero-order chi connectivity index (χ0) is 18.5. The average molecular weight is 368 g/mol. The number of pyridine rings is 1. The molecule has 0 fully saturated rings. The lowest BCUT2D eigenvalue weighted by Crippen LogP contribution is -2.22. The molecule has 2 amide bonds. The number of aromatic nitrogens is 4. The molecule has 3 aromatic rings. The Morgan fingerprint density at radius 1 is 1.15 bits per heavy atom. The van der Waals surface area contributed by atoms with Gasteiger partial charge < -0.3 is 11.1 Å². The van der Waals surface area contributed by atoms with Crippen molar-refractivity contribution in [3.8, 4) is 11.4 Å². The molecule has 0 saturated carbocycles. The van der Waals surface area contributed by atoms with Crippen LogP contribution in [0.3, 0.4) is 0 Å². The minimum Gasteiger partial charge on any atom is -0.366 e. The van der Waals surface area contributed by atoms with Crippen molar-refractivity contribution < 1.29 is 9.59 Å². The standard InChI is InChI=1S/C17H16N6O2S/c1-10(16(25)20-13-4-2-11(3-5-13)14(18)24)26-17-21-15(22-23-17)12-6-8-19-9-7-12/h2-10H,1H3,(H2,18,24)(H,20,25)(H,21,22,23)/t10-/m1/s1. The van der Waals surface area contributed by atoms with E-state index < -0.39 is 11.2 Å². The number of aromatic amines is 1. The van der Waals surface area contributed by atoms with E-state index in [1.807, 2.05) is 12.1 Å². The average Bonchev–Trinajstić information content (AvgIpc) is 3.11. The predicted octanol–water partition coefficient (Wildman–Crippen LogP) is 2.08. The number of anilines is 1. The smallest absolute Gasteiger partial charge is 0.248 e. The van der Waals surface area contributed by atoms with Crippen LogP contribution in [-0.2, 0) is 4.79 Å². The Morgan fingerprint density at radius 2 is 1.85 bits per heavy atom. The van der Waals surface area contributed by atoms with Gasteiger partial charge in [0, 0.05) is 29.2 Å². The number of carbonyl (C=O) groups excluding carboxylic acids is 2. The first-order valence-corrected chi connectivity index (χ1v) is 8.61. The topological polar surface area (TPSA) is 127 Å². The summed E-state index contributed by atoms with van der Waals surface area (Å²) in [5.41, 5.74) is 7.03. The van der Waals surface area contributed by atoms with Crippen LogP contribution in [0.4, 0.5) is 5.69 Å². The molecule has 2 aromatic heterocycles. The summed E-state index contributed by atoms with van der Waals surface area (Å²) in [5, 5.41) is 9.82. The van der Waals surface area contributed by atoms with Crippen LogP contribution < -0.4 is 11.1 Å². The van der Waals surface area contributed by atoms with E-state index >= 15 is 0 Å². The molecule has 26 heavy (non-hydrogen) atoms. The second kappa shape index (κ2) is 7.79. The third-order valence-corrected chi connectivity index (χ3v) is 4.47. The second-order valence-electron chi connectivity index (χ2n) is 5.39. The number of hydrogen-bond donors (Lipinski definition) is 3. The number of H-pyrrole nitrogens is 1. The van der Waals surface area contributed by atoms with Crippen LogP contribution in [0.5, 0.6) is 0 Å². The van der Waals surface area contributed by atoms with Crippen LogP contribution in [0.25, 0.3) is 11.4 Å². The molecule has 0 spiro atoms. The van der Waals surface area contributed by atoms with Crippen molar-refractivity contribution in [1.82, 2.24) is 20.2 Å². The third-order valence-electron chi connectivity index (χ3n) is 3.51. The predicted molar refractivity (Wildman–Crippen MR) is 98.5 cm³/mol. The number of primary amides is 1. The van der Waals surface area contributed by atoms with Crippen molar-refractivity contribution in [2.75, 3.05) is 5.32 Å². The first-order valence-electron chi connectivity index (χ1n) is 7.73. The lowest BCUT2D eigenvalue weighted by atomic mass is 10.2. The molecule has 0 saturated heterocycles. The van der Waals surface area contributed by atoms with Crippen LogP contribution in [0.1, 0.15) is 17.3 Å². The zero-order valence-electron chi connectivity index (χ0n) is 13.8. The Morgan fingerprint density at radius 3 is 2.50 bits per heavy atom. The quantitative estimate of drug-likeness (QED) is 0.572. The van der Waals surface area contributed by atoms with Crippen molar-refractivity contribution in [2.24, 2.45) is 5.73 Å². The number of amides is 2. The van der Waals surface area contributed by atoms with Gasteiger partial charge in [0.05, 0.1) is 5.25 Å². The Kier molecular flexibility index (Phi) is 5.28. The molecule has 9 heteroatoms. The first kappa shape index (κ1) is 17.6. The molecule has 2 heterocycles. The molecule has 1 atom stereocenters. The van der Waals surface area contributed by atoms with Gasteiger partial charge in [-0.05, 0) is 43.3 Å². The van der Waals surface area contributed by atoms with E-state index in [0.29, 0.717) is 22.2 Å². The number of benzene rings is 1. The minimum atomic E-state index is -0.513. The molecule has 4 N–H and O–H groups in total. The lowest BCUT2D eigenvalue weighted by Gasteiger charge is -2.10. The highest BCUT2D eigenvalue weighted by Gasteiger charge is 2.17. The molecule has 0 bridgehead atoms. The SMILES string of the molecule is C[C@@H](Sc1n[nH]c(-c2ccncc2)n1)C(=O)Nc1ccc(C(N)=O)cc1. The molecule has 3 rings (SSSR count). The van der Waals surface area contributed by atoms with Gasteiger partial charge in [0.2, 0.25) is 17.0 Å². The van der Waals surface area contributed by atoms with E-state index in [0.717, 1.165) is 5.56 Å². The Balaban J connectivity index is 1.61. The van der Waals surface area contributed by atoms with Crippen LogP contribution in [0.15, 0.2) is 53.9 Å². The number of nitrogens with two attached hydrogens (primary N) is 1. The van der Waals surface area contributed by atoms with E-state index in [4.69, 9.17) is 5.73 Å². The van der Waals surface area contributed by atoms with E-state index in [1.165, 1.54) is 11.8 Å². The second-order valence-corrected chi connectivity index (χ2v) is 6.70. The zero-order valence-corrected chi connectivity index (χ0v) is 14.7. The number of rotatable bonds is 6. The molecule has 0 radical (unpaired) electrons. The van der Waals surface area contributed by atoms with Crippen LogP contribution in [-0.4, -0.2) is 37.2 Å². The summed E-state index contributed by atoms with van der Waals surface area (Å²) in [6.07, 6.45) is 3.34. The third kappa shape index (κ3) is 4.25. The Hall–Kier alpha value is -3.20. The number of hydrogen-bond acceptors (Lipinski definition) is 6. The number of thioether (sulfide) groups is 1. The molecular formula is C17H16N6O2S. The van der Waals surface area contributed by atoms with E-state index in [1.54, 1.807) is 43.6 Å². The number of nitrogens with one attached hydrogen (secondary N) is 2. The molecule has 1 aromatic carbocycles. The summed E-state index contributed by atoms with van der Waals surface area (Å²) in [6.45, 7) is 1.76. The lowest BCUT2D eigenvalue weighted by molar-refractivity contribution is -0.115. The van der Waals surface area contributed by atoms with Crippen molar-refractivity contribution in [3.63, 3.8) is 0 Å². The maximum atomic E-state index is 12.3. The fourth-order valence-corrected chi connectivity index (χ4v) is 2.84. The molecule has 132 valence electrons. The van der Waals surface area contributed by atoms with Gasteiger partial charge in [0.1, 0.15) is 0 Å². The van der Waals surface area contributed by atoms with E-state index in [-0.39, 0.29) is 5.91 Å². The fraction of sp³-hybridized carbons (Fsp3) is 0.118. The van der Waals surface area contributed by atoms with Crippen molar-refractivity contribution in [2.45, 2.75) is 17.3 Å². The summed E-state index contributed by atoms with van der Waals surface area (Å²) in [6, 6.07) is 10.0. The maximum Gasteiger partial charge on any atom is 0.248 e. The fourth-order valence-electron chi connectivity index (χ4n) is 2.11. The maximum absolute atomic E-state index is 12.3. The summed E-state index contributed by atoms with van der Waals surface area (Å²) < 4.78 is 0. The van der Waals surface area contributed by atoms with Gasteiger partial charge in [0.15, 0.2) is 5.82 Å². The van der Waals surface area contributed by atoms with Gasteiger partial charge in [-0.2, -0.15) is 0 Å². The van der Waals surface area contributed by atoms with Crippen LogP contribution in [0, 0.1) is 0 Å². The van der Waals surface area contributed by atoms with Gasteiger partial charge in [-0.1, -0.05) is 11.8 Å². The Bertz CT molecular complexity index is 911. The van der Waals surface area contributed by atoms with Gasteiger partial charge >= 0.3 is 0 Å². The molecule has 0 aliphatic rings. The van der Waals surface area contributed by atoms with Crippen LogP contribution in [0.2, 0.25) is 0 Å². The highest BCUT2D eigenvalue weighted by Crippen LogP contribution is 2.23. The number of carbonyl (C=O) groups is 2. The summed E-state index contributed by atoms with van der Waals surface area (Å²) in [5.74, 6) is -0.0944. The van der Waals surface area contributed by atoms with Crippen molar-refractivity contribution in [3.05, 3.63) is 54.4 Å². The first-order chi connectivity index (χ1) is 12.5. The largest absolute Gasteiger partial charge is 0.366 e. The monoisotopic (exact) mass is 368 g/mol. The van der Waals surface area contributed by atoms with Gasteiger partial charge in [-0.25, -0.2) is 4.98 Å². The summed E-state index contributed by atoms with van der Waals surface area (Å²) in [7, 11) is 0. The molecule has 0 aliphatic heterocycles. The molecular weight excluding hydrogens is 352 g/mol. The molecule has 8 nitrogen and oxygen atoms in total. The molecule has 0 unspecified atom stereocenters. The highest BCUT2D eigenvalue weighted by atomic mass is 32.2. The summed E-state index contributed by atoms with van der Waals surface area (Å²) in [4.78, 5) is 31.7. The van der Waals surface area contributed by atoms with Crippen LogP contribution >= 0.6 is 11.8 Å². The van der Waals surface area contributed by atoms with Crippen molar-refractivity contribution in [1.29, 1.82) is 0 Å². The number of nitrogens with zero attached hydrogens (tertiary/aromatic N) is 3. The summed E-state index contributed by atoms with van der Waals surface area (Å²) >= 11 is 1.24. The van der Waals surface area contributed by atoms with Crippen molar-refractivity contribution >= 4 is 29.3 Å². The van der Waals surface area contributed by atoms with Gasteiger partial charge in [-0.15, -0.1) is 5.10 Å². The van der Waals surface area contributed by atoms with E-state index in [2.05, 4.69) is 25.5 Å². The van der Waals surface area contributed by atoms with Gasteiger partial charge in [0.25, 0.3) is 0 Å². The minimum absolute atomic E-state index is 0.197.